The van der Waals surface area contributed by atoms with Gasteiger partial charge in [-0.3, -0.25) is 0 Å². The lowest BCUT2D eigenvalue weighted by Gasteiger charge is -2.13. The van der Waals surface area contributed by atoms with Gasteiger partial charge < -0.3 is 9.84 Å². The molecule has 0 heterocycles. The van der Waals surface area contributed by atoms with Crippen molar-refractivity contribution in [2.75, 3.05) is 6.61 Å². The lowest BCUT2D eigenvalue weighted by atomic mass is 10.1. The fourth-order valence-electron chi connectivity index (χ4n) is 2.35. The molecule has 1 rings (SSSR count). The topological polar surface area (TPSA) is 29.5 Å². The first-order valence-corrected chi connectivity index (χ1v) is 8.36. The Bertz CT molecular complexity index is 393. The Labute approximate surface area is 136 Å². The zero-order chi connectivity index (χ0) is 17.0. The molecule has 0 aliphatic carbocycles. The van der Waals surface area contributed by atoms with Crippen molar-refractivity contribution in [1.82, 2.24) is 0 Å². The Morgan fingerprint density at radius 2 is 1.43 bits per heavy atom. The van der Waals surface area contributed by atoms with Crippen LogP contribution in [0.1, 0.15) is 56.9 Å². The van der Waals surface area contributed by atoms with E-state index < -0.39 is 12.3 Å². The molecule has 0 saturated heterocycles. The third-order valence-electron chi connectivity index (χ3n) is 3.76. The number of aliphatic hydroxyl groups is 1. The average Bonchev–Trinajstić information content (AvgIpc) is 2.52. The van der Waals surface area contributed by atoms with Crippen LogP contribution in [0.2, 0.25) is 0 Å². The zero-order valence-electron chi connectivity index (χ0n) is 13.5. The molecule has 23 heavy (non-hydrogen) atoms. The van der Waals surface area contributed by atoms with E-state index >= 15 is 0 Å². The first-order valence-electron chi connectivity index (χ1n) is 8.36. The summed E-state index contributed by atoms with van der Waals surface area (Å²) >= 11 is 0. The van der Waals surface area contributed by atoms with Crippen LogP contribution >= 0.6 is 0 Å². The second kappa shape index (κ2) is 11.5. The van der Waals surface area contributed by atoms with Gasteiger partial charge in [0.25, 0.3) is 0 Å². The van der Waals surface area contributed by atoms with Crippen LogP contribution in [-0.4, -0.2) is 24.0 Å². The van der Waals surface area contributed by atoms with Gasteiger partial charge >= 0.3 is 6.18 Å². The Balaban J connectivity index is 1.83. The van der Waals surface area contributed by atoms with Crippen molar-refractivity contribution in [2.24, 2.45) is 0 Å². The van der Waals surface area contributed by atoms with Crippen molar-refractivity contribution in [3.8, 4) is 0 Å². The van der Waals surface area contributed by atoms with Gasteiger partial charge in [-0.2, -0.15) is 13.2 Å². The minimum Gasteiger partial charge on any atom is -0.384 e. The molecule has 1 N–H and O–H groups in total. The second-order valence-electron chi connectivity index (χ2n) is 5.86. The van der Waals surface area contributed by atoms with Crippen LogP contribution in [0.3, 0.4) is 0 Å². The van der Waals surface area contributed by atoms with Gasteiger partial charge in [0.2, 0.25) is 0 Å². The SMILES string of the molecule is O[C@H](CCCCCCCCCOCc1ccccc1)C(F)(F)F. The number of unbranched alkanes of at least 4 members (excludes halogenated alkanes) is 6. The van der Waals surface area contributed by atoms with E-state index in [1.807, 2.05) is 30.3 Å². The second-order valence-corrected chi connectivity index (χ2v) is 5.86. The van der Waals surface area contributed by atoms with Gasteiger partial charge in [-0.05, 0) is 18.4 Å². The highest BCUT2D eigenvalue weighted by atomic mass is 19.4. The lowest BCUT2D eigenvalue weighted by molar-refractivity contribution is -0.205. The molecule has 132 valence electrons. The molecule has 0 aromatic heterocycles. The van der Waals surface area contributed by atoms with E-state index in [1.54, 1.807) is 0 Å². The van der Waals surface area contributed by atoms with E-state index in [-0.39, 0.29) is 6.42 Å². The summed E-state index contributed by atoms with van der Waals surface area (Å²) in [6.45, 7) is 1.38. The Hall–Kier alpha value is -1.07. The van der Waals surface area contributed by atoms with Crippen LogP contribution in [0.25, 0.3) is 0 Å². The van der Waals surface area contributed by atoms with E-state index in [0.717, 1.165) is 45.1 Å². The third-order valence-corrected chi connectivity index (χ3v) is 3.76. The van der Waals surface area contributed by atoms with Gasteiger partial charge in [-0.1, -0.05) is 68.9 Å². The fraction of sp³-hybridized carbons (Fsp3) is 0.667. The van der Waals surface area contributed by atoms with Gasteiger partial charge in [0, 0.05) is 6.61 Å². The number of aliphatic hydroxyl groups excluding tert-OH is 1. The highest BCUT2D eigenvalue weighted by Crippen LogP contribution is 2.24. The minimum atomic E-state index is -4.47. The maximum absolute atomic E-state index is 12.1. The number of hydrogen-bond donors (Lipinski definition) is 1. The minimum absolute atomic E-state index is 0.184. The normalized spacial score (nSPS) is 13.2. The van der Waals surface area contributed by atoms with Gasteiger partial charge in [-0.25, -0.2) is 0 Å². The molecule has 0 fully saturated rings. The summed E-state index contributed by atoms with van der Waals surface area (Å²) in [5.41, 5.74) is 1.17. The molecule has 1 aromatic rings. The Morgan fingerprint density at radius 3 is 2.04 bits per heavy atom. The molecule has 1 aromatic carbocycles. The van der Waals surface area contributed by atoms with Crippen molar-refractivity contribution >= 4 is 0 Å². The molecular weight excluding hydrogens is 305 g/mol. The first kappa shape index (κ1) is 20.0. The van der Waals surface area contributed by atoms with E-state index in [9.17, 15) is 13.2 Å². The van der Waals surface area contributed by atoms with E-state index in [1.165, 1.54) is 5.56 Å². The van der Waals surface area contributed by atoms with Gasteiger partial charge in [0.1, 0.15) is 6.10 Å². The van der Waals surface area contributed by atoms with Crippen molar-refractivity contribution in [2.45, 2.75) is 70.3 Å². The number of benzene rings is 1. The maximum atomic E-state index is 12.1. The third kappa shape index (κ3) is 10.3. The van der Waals surface area contributed by atoms with E-state index in [0.29, 0.717) is 13.0 Å². The predicted octanol–water partition coefficient (Wildman–Crippen LogP) is 5.25. The van der Waals surface area contributed by atoms with E-state index in [4.69, 9.17) is 9.84 Å². The van der Waals surface area contributed by atoms with Crippen molar-refractivity contribution < 1.29 is 23.0 Å². The summed E-state index contributed by atoms with van der Waals surface area (Å²) in [5, 5.41) is 8.85. The summed E-state index contributed by atoms with van der Waals surface area (Å²) < 4.78 is 41.8. The summed E-state index contributed by atoms with van der Waals surface area (Å²) in [6.07, 6.45) is -0.509. The smallest absolute Gasteiger partial charge is 0.384 e. The van der Waals surface area contributed by atoms with Crippen molar-refractivity contribution in [1.29, 1.82) is 0 Å². The molecule has 0 aliphatic heterocycles. The summed E-state index contributed by atoms with van der Waals surface area (Å²) in [6, 6.07) is 10.0. The number of rotatable bonds is 12. The van der Waals surface area contributed by atoms with Crippen LogP contribution in [0.15, 0.2) is 30.3 Å². The summed E-state index contributed by atoms with van der Waals surface area (Å²) in [7, 11) is 0. The molecular formula is C18H27F3O2. The fourth-order valence-corrected chi connectivity index (χ4v) is 2.35. The predicted molar refractivity (Wildman–Crippen MR) is 85.1 cm³/mol. The molecule has 1 atom stereocenters. The van der Waals surface area contributed by atoms with Crippen LogP contribution in [0, 0.1) is 0 Å². The van der Waals surface area contributed by atoms with Crippen molar-refractivity contribution in [3.63, 3.8) is 0 Å². The van der Waals surface area contributed by atoms with Crippen LogP contribution in [-0.2, 0) is 11.3 Å². The molecule has 0 spiro atoms. The Kier molecular flexibility index (Phi) is 9.96. The Morgan fingerprint density at radius 1 is 0.870 bits per heavy atom. The summed E-state index contributed by atoms with van der Waals surface area (Å²) in [5.74, 6) is 0. The highest BCUT2D eigenvalue weighted by molar-refractivity contribution is 5.13. The maximum Gasteiger partial charge on any atom is 0.414 e. The number of alkyl halides is 3. The average molecular weight is 332 g/mol. The number of hydrogen-bond acceptors (Lipinski definition) is 2. The number of ether oxygens (including phenoxy) is 1. The first-order chi connectivity index (χ1) is 11.0. The molecule has 0 amide bonds. The quantitative estimate of drug-likeness (QED) is 0.530. The van der Waals surface area contributed by atoms with E-state index in [2.05, 4.69) is 0 Å². The molecule has 0 saturated carbocycles. The molecule has 0 bridgehead atoms. The van der Waals surface area contributed by atoms with Gasteiger partial charge in [0.05, 0.1) is 6.61 Å². The van der Waals surface area contributed by atoms with Crippen LogP contribution in [0.4, 0.5) is 13.2 Å². The standard InChI is InChI=1S/C18H27F3O2/c19-18(20,21)17(22)13-9-4-2-1-3-5-10-14-23-15-16-11-7-6-8-12-16/h6-8,11-12,17,22H,1-5,9-10,13-15H2/t17-/m1/s1. The largest absolute Gasteiger partial charge is 0.414 e. The highest BCUT2D eigenvalue weighted by Gasteiger charge is 2.37. The van der Waals surface area contributed by atoms with Gasteiger partial charge in [0.15, 0.2) is 0 Å². The molecule has 2 nitrogen and oxygen atoms in total. The van der Waals surface area contributed by atoms with Crippen LogP contribution in [0.5, 0.6) is 0 Å². The van der Waals surface area contributed by atoms with Gasteiger partial charge in [-0.15, -0.1) is 0 Å². The van der Waals surface area contributed by atoms with Crippen LogP contribution < -0.4 is 0 Å². The lowest BCUT2D eigenvalue weighted by Crippen LogP contribution is -2.28. The molecule has 5 heteroatoms. The molecule has 0 unspecified atom stereocenters. The molecule has 0 aliphatic rings. The number of halogens is 3. The molecule has 0 radical (unpaired) electrons. The summed E-state index contributed by atoms with van der Waals surface area (Å²) in [4.78, 5) is 0. The zero-order valence-corrected chi connectivity index (χ0v) is 13.5. The van der Waals surface area contributed by atoms with Crippen molar-refractivity contribution in [3.05, 3.63) is 35.9 Å². The monoisotopic (exact) mass is 332 g/mol.